The van der Waals surface area contributed by atoms with Crippen LogP contribution in [-0.2, 0) is 16.8 Å². The predicted octanol–water partition coefficient (Wildman–Crippen LogP) is 3.10. The number of anilines is 1. The van der Waals surface area contributed by atoms with Crippen molar-refractivity contribution in [1.82, 2.24) is 14.5 Å². The van der Waals surface area contributed by atoms with Crippen molar-refractivity contribution in [1.29, 1.82) is 0 Å². The third-order valence-corrected chi connectivity index (χ3v) is 3.97. The largest absolute Gasteiger partial charge is 0.419 e. The fourth-order valence-electron chi connectivity index (χ4n) is 2.63. The molecule has 3 aromatic rings. The molecule has 7 nitrogen and oxygen atoms in total. The maximum atomic E-state index is 12.1. The lowest BCUT2D eigenvalue weighted by atomic mass is 9.96. The summed E-state index contributed by atoms with van der Waals surface area (Å²) in [5.41, 5.74) is 1.72. The minimum absolute atomic E-state index is 0.136. The van der Waals surface area contributed by atoms with Gasteiger partial charge in [-0.2, -0.15) is 0 Å². The van der Waals surface area contributed by atoms with Gasteiger partial charge in [-0.1, -0.05) is 32.9 Å². The van der Waals surface area contributed by atoms with Gasteiger partial charge < -0.3 is 9.73 Å². The van der Waals surface area contributed by atoms with Crippen molar-refractivity contribution in [2.75, 3.05) is 5.32 Å². The normalized spacial score (nSPS) is 11.7. The molecule has 0 saturated carbocycles. The van der Waals surface area contributed by atoms with Gasteiger partial charge >= 0.3 is 5.76 Å². The molecule has 2 heterocycles. The number of hydrogen-bond acceptors (Lipinski definition) is 5. The van der Waals surface area contributed by atoms with Gasteiger partial charge in [0.05, 0.1) is 23.6 Å². The van der Waals surface area contributed by atoms with Crippen LogP contribution >= 0.6 is 0 Å². The summed E-state index contributed by atoms with van der Waals surface area (Å²) in [5, 5.41) is 2.78. The molecule has 0 unspecified atom stereocenters. The molecule has 0 bridgehead atoms. The van der Waals surface area contributed by atoms with Gasteiger partial charge in [0.1, 0.15) is 5.82 Å². The number of carbonyl (C=O) groups is 1. The SMILES string of the molecule is CC(C)(C)c1ncc(NC(=O)CCCn2c(=O)oc3ccccc32)cn1. The highest BCUT2D eigenvalue weighted by Crippen LogP contribution is 2.18. The van der Waals surface area contributed by atoms with Gasteiger partial charge in [-0.05, 0) is 18.6 Å². The van der Waals surface area contributed by atoms with Crippen LogP contribution in [0.1, 0.15) is 39.4 Å². The number of fused-ring (bicyclic) bond motifs is 1. The average Bonchev–Trinajstić information content (AvgIpc) is 2.90. The Balaban J connectivity index is 1.56. The molecule has 0 atom stereocenters. The Morgan fingerprint density at radius 1 is 1.19 bits per heavy atom. The number of benzene rings is 1. The van der Waals surface area contributed by atoms with E-state index in [0.717, 1.165) is 11.3 Å². The van der Waals surface area contributed by atoms with Crippen LogP contribution in [0.15, 0.2) is 45.9 Å². The fraction of sp³-hybridized carbons (Fsp3) is 0.368. The van der Waals surface area contributed by atoms with Gasteiger partial charge in [0.2, 0.25) is 5.91 Å². The standard InChI is InChI=1S/C19H22N4O3/c1-19(2,3)17-20-11-13(12-21-17)22-16(24)9-6-10-23-14-7-4-5-8-15(14)26-18(23)25/h4-5,7-8,11-12H,6,9-10H2,1-3H3,(H,22,24). The second-order valence-electron chi connectivity index (χ2n) is 7.18. The van der Waals surface area contributed by atoms with E-state index in [1.807, 2.05) is 39.0 Å². The second kappa shape index (κ2) is 7.11. The summed E-state index contributed by atoms with van der Waals surface area (Å²) in [6.45, 7) is 6.51. The fourth-order valence-corrected chi connectivity index (χ4v) is 2.63. The number of hydrogen-bond donors (Lipinski definition) is 1. The molecule has 1 aromatic carbocycles. The zero-order valence-corrected chi connectivity index (χ0v) is 15.2. The number of carbonyl (C=O) groups excluding carboxylic acids is 1. The lowest BCUT2D eigenvalue weighted by Gasteiger charge is -2.16. The third kappa shape index (κ3) is 3.99. The summed E-state index contributed by atoms with van der Waals surface area (Å²) in [6.07, 6.45) is 4.03. The minimum atomic E-state index is -0.405. The summed E-state index contributed by atoms with van der Waals surface area (Å²) in [7, 11) is 0. The van der Waals surface area contributed by atoms with E-state index in [1.54, 1.807) is 23.0 Å². The summed E-state index contributed by atoms with van der Waals surface area (Å²) >= 11 is 0. The molecule has 7 heteroatoms. The van der Waals surface area contributed by atoms with Gasteiger partial charge in [0.15, 0.2) is 5.58 Å². The van der Waals surface area contributed by atoms with Crippen molar-refractivity contribution in [2.45, 2.75) is 45.6 Å². The molecule has 2 aromatic heterocycles. The predicted molar refractivity (Wildman–Crippen MR) is 99.1 cm³/mol. The second-order valence-corrected chi connectivity index (χ2v) is 7.18. The van der Waals surface area contributed by atoms with E-state index in [4.69, 9.17) is 4.42 Å². The summed E-state index contributed by atoms with van der Waals surface area (Å²) in [4.78, 5) is 32.6. The highest BCUT2D eigenvalue weighted by Gasteiger charge is 2.17. The van der Waals surface area contributed by atoms with E-state index in [-0.39, 0.29) is 17.7 Å². The first-order valence-electron chi connectivity index (χ1n) is 8.55. The van der Waals surface area contributed by atoms with Crippen LogP contribution in [0.2, 0.25) is 0 Å². The molecule has 0 spiro atoms. The maximum Gasteiger partial charge on any atom is 0.419 e. The van der Waals surface area contributed by atoms with Gasteiger partial charge in [-0.25, -0.2) is 14.8 Å². The van der Waals surface area contributed by atoms with Crippen LogP contribution in [0.4, 0.5) is 5.69 Å². The van der Waals surface area contributed by atoms with Crippen molar-refractivity contribution in [3.8, 4) is 0 Å². The quantitative estimate of drug-likeness (QED) is 0.760. The number of nitrogens with one attached hydrogen (secondary N) is 1. The Morgan fingerprint density at radius 2 is 1.88 bits per heavy atom. The Kier molecular flexibility index (Phi) is 4.88. The molecule has 1 N–H and O–H groups in total. The first-order valence-corrected chi connectivity index (χ1v) is 8.55. The number of nitrogens with zero attached hydrogens (tertiary/aromatic N) is 3. The molecule has 0 aliphatic carbocycles. The van der Waals surface area contributed by atoms with Crippen molar-refractivity contribution in [3.05, 3.63) is 53.0 Å². The van der Waals surface area contributed by atoms with E-state index >= 15 is 0 Å². The van der Waals surface area contributed by atoms with Gasteiger partial charge in [0.25, 0.3) is 0 Å². The molecule has 0 radical (unpaired) electrons. The average molecular weight is 354 g/mol. The van der Waals surface area contributed by atoms with Crippen molar-refractivity contribution in [3.63, 3.8) is 0 Å². The number of amides is 1. The van der Waals surface area contributed by atoms with Crippen LogP contribution in [0.3, 0.4) is 0 Å². The van der Waals surface area contributed by atoms with Gasteiger partial charge in [0, 0.05) is 18.4 Å². The van der Waals surface area contributed by atoms with E-state index < -0.39 is 5.76 Å². The van der Waals surface area contributed by atoms with E-state index in [0.29, 0.717) is 24.2 Å². The summed E-state index contributed by atoms with van der Waals surface area (Å²) in [6, 6.07) is 7.24. The van der Waals surface area contributed by atoms with Gasteiger partial charge in [-0.15, -0.1) is 0 Å². The zero-order valence-electron chi connectivity index (χ0n) is 15.2. The first kappa shape index (κ1) is 17.8. The highest BCUT2D eigenvalue weighted by molar-refractivity contribution is 5.90. The number of para-hydroxylation sites is 2. The smallest absolute Gasteiger partial charge is 0.408 e. The maximum absolute atomic E-state index is 12.1. The number of aromatic nitrogens is 3. The molecule has 3 rings (SSSR count). The van der Waals surface area contributed by atoms with Crippen LogP contribution in [0, 0.1) is 0 Å². The first-order chi connectivity index (χ1) is 12.3. The topological polar surface area (TPSA) is 90.0 Å². The molecule has 136 valence electrons. The van der Waals surface area contributed by atoms with Crippen molar-refractivity contribution >= 4 is 22.7 Å². The molecule has 1 amide bonds. The van der Waals surface area contributed by atoms with E-state index in [2.05, 4.69) is 15.3 Å². The Labute approximate surface area is 151 Å². The van der Waals surface area contributed by atoms with E-state index in [1.165, 1.54) is 0 Å². The molecule has 26 heavy (non-hydrogen) atoms. The van der Waals surface area contributed by atoms with Crippen molar-refractivity contribution < 1.29 is 9.21 Å². The van der Waals surface area contributed by atoms with Crippen LogP contribution in [0.5, 0.6) is 0 Å². The molecular weight excluding hydrogens is 332 g/mol. The summed E-state index contributed by atoms with van der Waals surface area (Å²) < 4.78 is 6.73. The summed E-state index contributed by atoms with van der Waals surface area (Å²) in [5.74, 6) is 0.178. The molecule has 0 aliphatic rings. The van der Waals surface area contributed by atoms with Crippen LogP contribution in [-0.4, -0.2) is 20.4 Å². The Bertz CT molecular complexity index is 965. The van der Waals surface area contributed by atoms with Crippen LogP contribution < -0.4 is 11.1 Å². The lowest BCUT2D eigenvalue weighted by Crippen LogP contribution is -2.18. The molecule has 0 saturated heterocycles. The minimum Gasteiger partial charge on any atom is -0.408 e. The Morgan fingerprint density at radius 3 is 2.58 bits per heavy atom. The lowest BCUT2D eigenvalue weighted by molar-refractivity contribution is -0.116. The molecule has 0 aliphatic heterocycles. The number of aryl methyl sites for hydroxylation is 1. The monoisotopic (exact) mass is 354 g/mol. The number of oxazole rings is 1. The molecular formula is C19H22N4O3. The number of rotatable bonds is 5. The van der Waals surface area contributed by atoms with E-state index in [9.17, 15) is 9.59 Å². The third-order valence-electron chi connectivity index (χ3n) is 3.97. The zero-order chi connectivity index (χ0) is 18.7. The highest BCUT2D eigenvalue weighted by atomic mass is 16.4. The van der Waals surface area contributed by atoms with Crippen molar-refractivity contribution in [2.24, 2.45) is 0 Å². The van der Waals surface area contributed by atoms with Gasteiger partial charge in [-0.3, -0.25) is 9.36 Å². The Hall–Kier alpha value is -2.96. The molecule has 0 fully saturated rings. The van der Waals surface area contributed by atoms with Crippen LogP contribution in [0.25, 0.3) is 11.1 Å².